The van der Waals surface area contributed by atoms with Crippen LogP contribution in [0.1, 0.15) is 15.9 Å². The Kier molecular flexibility index (Phi) is 6.86. The van der Waals surface area contributed by atoms with E-state index in [0.29, 0.717) is 11.1 Å². The summed E-state index contributed by atoms with van der Waals surface area (Å²) in [6.07, 6.45) is -5.89. The van der Waals surface area contributed by atoms with Crippen LogP contribution in [0.5, 0.6) is 5.75 Å². The highest BCUT2D eigenvalue weighted by molar-refractivity contribution is 7.92. The van der Waals surface area contributed by atoms with E-state index in [9.17, 15) is 35.9 Å². The van der Waals surface area contributed by atoms with Crippen LogP contribution in [0.3, 0.4) is 0 Å². The van der Waals surface area contributed by atoms with E-state index in [-0.39, 0.29) is 28.6 Å². The molecule has 0 fully saturated rings. The fraction of sp³-hybridized carbons (Fsp3) is 0.174. The zero-order valence-electron chi connectivity index (χ0n) is 18.1. The van der Waals surface area contributed by atoms with Crippen molar-refractivity contribution >= 4 is 38.9 Å². The van der Waals surface area contributed by atoms with Crippen LogP contribution in [0.2, 0.25) is 5.02 Å². The molecule has 7 nitrogen and oxygen atoms in total. The fourth-order valence-electron chi connectivity index (χ4n) is 3.63. The van der Waals surface area contributed by atoms with E-state index in [4.69, 9.17) is 16.3 Å². The van der Waals surface area contributed by atoms with Crippen molar-refractivity contribution < 1.29 is 40.6 Å². The first-order chi connectivity index (χ1) is 16.9. The predicted molar refractivity (Wildman–Crippen MR) is 123 cm³/mol. The van der Waals surface area contributed by atoms with Gasteiger partial charge in [0.05, 0.1) is 34.9 Å². The van der Waals surface area contributed by atoms with Gasteiger partial charge in [0, 0.05) is 10.7 Å². The number of carbonyl (C=O) groups is 1. The number of carbonyl (C=O) groups excluding carboxylic acids is 1. The van der Waals surface area contributed by atoms with Gasteiger partial charge in [0.2, 0.25) is 0 Å². The summed E-state index contributed by atoms with van der Waals surface area (Å²) in [7, 11) is -4.20. The first-order valence-corrected chi connectivity index (χ1v) is 12.1. The molecule has 0 radical (unpaired) electrons. The number of hydrogen-bond donors (Lipinski definition) is 2. The van der Waals surface area contributed by atoms with Crippen molar-refractivity contribution in [3.05, 3.63) is 82.6 Å². The van der Waals surface area contributed by atoms with Gasteiger partial charge in [0.1, 0.15) is 17.7 Å². The topological polar surface area (TPSA) is 95.9 Å². The van der Waals surface area contributed by atoms with Crippen LogP contribution in [0.4, 0.5) is 28.9 Å². The Morgan fingerprint density at radius 3 is 2.47 bits per heavy atom. The van der Waals surface area contributed by atoms with Crippen molar-refractivity contribution in [1.82, 2.24) is 0 Å². The van der Waals surface area contributed by atoms with Gasteiger partial charge in [-0.3, -0.25) is 9.10 Å². The third kappa shape index (κ3) is 4.97. The van der Waals surface area contributed by atoms with Crippen LogP contribution in [-0.4, -0.2) is 38.7 Å². The SMILES string of the molecule is O=C(Nc1ccc2c(c1)N(S(=O)(=O)c1ccc(Cl)cc1)CC(CO)O2)c1c(F)cccc1C(F)(F)F. The first-order valence-electron chi connectivity index (χ1n) is 10.3. The molecule has 3 aromatic rings. The third-order valence-electron chi connectivity index (χ3n) is 5.30. The third-order valence-corrected chi connectivity index (χ3v) is 7.35. The minimum Gasteiger partial charge on any atom is -0.484 e. The molecule has 1 aliphatic heterocycles. The van der Waals surface area contributed by atoms with Gasteiger partial charge in [-0.2, -0.15) is 13.2 Å². The number of sulfonamides is 1. The molecule has 13 heteroatoms. The van der Waals surface area contributed by atoms with E-state index in [0.717, 1.165) is 16.4 Å². The predicted octanol–water partition coefficient (Wildman–Crippen LogP) is 4.70. The van der Waals surface area contributed by atoms with Gasteiger partial charge in [-0.15, -0.1) is 0 Å². The lowest BCUT2D eigenvalue weighted by molar-refractivity contribution is -0.138. The van der Waals surface area contributed by atoms with Crippen LogP contribution in [-0.2, 0) is 16.2 Å². The van der Waals surface area contributed by atoms with Crippen molar-refractivity contribution in [2.75, 3.05) is 22.8 Å². The second kappa shape index (κ2) is 9.60. The summed E-state index contributed by atoms with van der Waals surface area (Å²) < 4.78 is 87.5. The van der Waals surface area contributed by atoms with Crippen molar-refractivity contribution in [2.45, 2.75) is 17.2 Å². The van der Waals surface area contributed by atoms with Crippen LogP contribution in [0.15, 0.2) is 65.6 Å². The molecule has 1 heterocycles. The number of nitrogens with zero attached hydrogens (tertiary/aromatic N) is 1. The van der Waals surface area contributed by atoms with Crippen molar-refractivity contribution in [1.29, 1.82) is 0 Å². The van der Waals surface area contributed by atoms with Crippen molar-refractivity contribution in [2.24, 2.45) is 0 Å². The molecule has 1 unspecified atom stereocenters. The second-order valence-electron chi connectivity index (χ2n) is 7.71. The van der Waals surface area contributed by atoms with Gasteiger partial charge >= 0.3 is 6.18 Å². The average Bonchev–Trinajstić information content (AvgIpc) is 2.82. The number of rotatable bonds is 5. The number of fused-ring (bicyclic) bond motifs is 1. The van der Waals surface area contributed by atoms with Crippen LogP contribution in [0.25, 0.3) is 0 Å². The minimum atomic E-state index is -4.98. The maximum atomic E-state index is 14.2. The number of aliphatic hydroxyl groups is 1. The highest BCUT2D eigenvalue weighted by Crippen LogP contribution is 2.39. The Morgan fingerprint density at radius 1 is 1.14 bits per heavy atom. The summed E-state index contributed by atoms with van der Waals surface area (Å²) in [5.41, 5.74) is -2.82. The molecular weight excluding hydrogens is 528 g/mol. The monoisotopic (exact) mass is 544 g/mol. The zero-order valence-corrected chi connectivity index (χ0v) is 19.7. The maximum Gasteiger partial charge on any atom is 0.417 e. The molecule has 1 amide bonds. The van der Waals surface area contributed by atoms with Gasteiger partial charge in [0.15, 0.2) is 0 Å². The number of amides is 1. The second-order valence-corrected chi connectivity index (χ2v) is 10.0. The first kappa shape index (κ1) is 25.7. The zero-order chi connectivity index (χ0) is 26.3. The molecule has 190 valence electrons. The van der Waals surface area contributed by atoms with Crippen molar-refractivity contribution in [3.63, 3.8) is 0 Å². The quantitative estimate of drug-likeness (QED) is 0.454. The molecule has 0 saturated heterocycles. The van der Waals surface area contributed by atoms with Gasteiger partial charge < -0.3 is 15.2 Å². The highest BCUT2D eigenvalue weighted by Gasteiger charge is 2.37. The molecule has 3 aromatic carbocycles. The molecule has 36 heavy (non-hydrogen) atoms. The smallest absolute Gasteiger partial charge is 0.417 e. The van der Waals surface area contributed by atoms with Gasteiger partial charge in [-0.25, -0.2) is 12.8 Å². The van der Waals surface area contributed by atoms with Crippen LogP contribution in [0, 0.1) is 5.82 Å². The Hall–Kier alpha value is -3.35. The summed E-state index contributed by atoms with van der Waals surface area (Å²) in [5, 5.41) is 12.1. The average molecular weight is 545 g/mol. The lowest BCUT2D eigenvalue weighted by Gasteiger charge is -2.35. The molecule has 4 rings (SSSR count). The summed E-state index contributed by atoms with van der Waals surface area (Å²) in [5.74, 6) is -2.71. The lowest BCUT2D eigenvalue weighted by atomic mass is 10.1. The molecule has 0 aliphatic carbocycles. The van der Waals surface area contributed by atoms with Gasteiger partial charge in [0.25, 0.3) is 15.9 Å². The summed E-state index contributed by atoms with van der Waals surface area (Å²) in [6, 6.07) is 11.2. The fourth-order valence-corrected chi connectivity index (χ4v) is 5.26. The molecular formula is C23H17ClF4N2O5S. The highest BCUT2D eigenvalue weighted by atomic mass is 35.5. The van der Waals surface area contributed by atoms with E-state index in [2.05, 4.69) is 5.32 Å². The number of alkyl halides is 3. The van der Waals surface area contributed by atoms with Gasteiger partial charge in [-0.1, -0.05) is 17.7 Å². The van der Waals surface area contributed by atoms with E-state index in [1.165, 1.54) is 42.5 Å². The maximum absolute atomic E-state index is 14.2. The molecule has 1 atom stereocenters. The number of nitrogens with one attached hydrogen (secondary N) is 1. The lowest BCUT2D eigenvalue weighted by Crippen LogP contribution is -2.45. The molecule has 0 bridgehead atoms. The molecule has 1 aliphatic rings. The Bertz CT molecular complexity index is 1410. The van der Waals surface area contributed by atoms with E-state index in [1.54, 1.807) is 0 Å². The molecule has 2 N–H and O–H groups in total. The Morgan fingerprint density at radius 2 is 1.83 bits per heavy atom. The molecule has 0 saturated carbocycles. The Balaban J connectivity index is 1.73. The number of anilines is 2. The number of hydrogen-bond acceptors (Lipinski definition) is 5. The largest absolute Gasteiger partial charge is 0.484 e. The summed E-state index contributed by atoms with van der Waals surface area (Å²) in [4.78, 5) is 12.5. The minimum absolute atomic E-state index is 0.0395. The standard InChI is InChI=1S/C23H17ClF4N2O5S/c24-13-4-7-16(8-5-13)36(33,34)30-11-15(12-31)35-20-9-6-14(10-19(20)30)29-22(32)21-17(23(26,27)28)2-1-3-18(21)25/h1-10,15,31H,11-12H2,(H,29,32). The van der Waals surface area contributed by atoms with Crippen LogP contribution >= 0.6 is 11.6 Å². The number of halogens is 5. The summed E-state index contributed by atoms with van der Waals surface area (Å²) >= 11 is 5.85. The van der Waals surface area contributed by atoms with Crippen molar-refractivity contribution in [3.8, 4) is 5.75 Å². The normalized spacial score (nSPS) is 15.7. The number of ether oxygens (including phenoxy) is 1. The van der Waals surface area contributed by atoms with E-state index in [1.807, 2.05) is 0 Å². The molecule has 0 spiro atoms. The number of benzene rings is 3. The Labute approximate surface area is 207 Å². The molecule has 0 aromatic heterocycles. The number of aliphatic hydroxyl groups excluding tert-OH is 1. The van der Waals surface area contributed by atoms with Gasteiger partial charge in [-0.05, 0) is 54.6 Å². The van der Waals surface area contributed by atoms with E-state index < -0.39 is 51.8 Å². The van der Waals surface area contributed by atoms with Crippen LogP contribution < -0.4 is 14.4 Å². The van der Waals surface area contributed by atoms with E-state index >= 15 is 0 Å². The summed E-state index contributed by atoms with van der Waals surface area (Å²) in [6.45, 7) is -0.796.